The van der Waals surface area contributed by atoms with Crippen LogP contribution in [0.2, 0.25) is 0 Å². The van der Waals surface area contributed by atoms with E-state index < -0.39 is 5.54 Å². The molecule has 0 spiro atoms. The van der Waals surface area contributed by atoms with Crippen molar-refractivity contribution < 1.29 is 0 Å². The van der Waals surface area contributed by atoms with Gasteiger partial charge in [0.2, 0.25) is 0 Å². The van der Waals surface area contributed by atoms with Crippen molar-refractivity contribution in [1.29, 1.82) is 0 Å². The van der Waals surface area contributed by atoms with Crippen molar-refractivity contribution in [3.05, 3.63) is 144 Å². The van der Waals surface area contributed by atoms with Crippen molar-refractivity contribution in [3.8, 4) is 0 Å². The van der Waals surface area contributed by atoms with Crippen LogP contribution in [0.5, 0.6) is 0 Å². The molecule has 0 saturated carbocycles. The maximum absolute atomic E-state index is 5.86. The van der Waals surface area contributed by atoms with Crippen molar-refractivity contribution >= 4 is 17.3 Å². The lowest BCUT2D eigenvalue weighted by molar-refractivity contribution is 0.557. The highest BCUT2D eigenvalue weighted by Gasteiger charge is 2.37. The topological polar surface area (TPSA) is 24.1 Å². The summed E-state index contributed by atoms with van der Waals surface area (Å²) in [5.41, 5.74) is 3.96. The van der Waals surface area contributed by atoms with Gasteiger partial charge >= 0.3 is 0 Å². The summed E-state index contributed by atoms with van der Waals surface area (Å²) in [4.78, 5) is 0. The van der Waals surface area contributed by atoms with Crippen LogP contribution in [0, 0.1) is 0 Å². The van der Waals surface area contributed by atoms with Gasteiger partial charge in [0.05, 0.1) is 6.04 Å². The molecule has 3 heteroatoms. The Kier molecular flexibility index (Phi) is 6.44. The fourth-order valence-corrected chi connectivity index (χ4v) is 4.34. The van der Waals surface area contributed by atoms with Gasteiger partial charge < -0.3 is 10.6 Å². The lowest BCUT2D eigenvalue weighted by atomic mass is 9.77. The molecule has 0 amide bonds. The summed E-state index contributed by atoms with van der Waals surface area (Å²) in [6.07, 6.45) is 0. The molecule has 0 aromatic heterocycles. The number of hydrogen-bond acceptors (Lipinski definition) is 1. The first-order valence-corrected chi connectivity index (χ1v) is 10.9. The third-order valence-electron chi connectivity index (χ3n) is 5.57. The molecule has 0 radical (unpaired) electrons. The summed E-state index contributed by atoms with van der Waals surface area (Å²) < 4.78 is 0. The van der Waals surface area contributed by atoms with E-state index in [-0.39, 0.29) is 6.04 Å². The first-order chi connectivity index (χ1) is 15.2. The first kappa shape index (κ1) is 20.8. The smallest absolute Gasteiger partial charge is 0.168 e. The van der Waals surface area contributed by atoms with Crippen LogP contribution < -0.4 is 10.6 Å². The van der Waals surface area contributed by atoms with E-state index in [9.17, 15) is 0 Å². The fraction of sp³-hybridized carbons (Fsp3) is 0.107. The minimum Gasteiger partial charge on any atom is -0.356 e. The Balaban J connectivity index is 1.78. The molecule has 0 aliphatic rings. The lowest BCUT2D eigenvalue weighted by Gasteiger charge is -2.38. The maximum atomic E-state index is 5.86. The van der Waals surface area contributed by atoms with E-state index in [1.807, 2.05) is 36.4 Å². The molecule has 4 aromatic rings. The molecule has 0 bridgehead atoms. The Hall–Kier alpha value is -3.43. The molecule has 4 aromatic carbocycles. The van der Waals surface area contributed by atoms with Crippen molar-refractivity contribution in [3.63, 3.8) is 0 Å². The molecule has 2 N–H and O–H groups in total. The quantitative estimate of drug-likeness (QED) is 0.286. The van der Waals surface area contributed by atoms with Gasteiger partial charge in [0, 0.05) is 0 Å². The molecule has 2 nitrogen and oxygen atoms in total. The summed E-state index contributed by atoms with van der Waals surface area (Å²) >= 11 is 5.86. The molecular formula is C28H26N2S. The van der Waals surface area contributed by atoms with Gasteiger partial charge in [-0.2, -0.15) is 0 Å². The normalized spacial score (nSPS) is 12.0. The Labute approximate surface area is 190 Å². The summed E-state index contributed by atoms with van der Waals surface area (Å²) in [6, 6.07) is 41.9. The van der Waals surface area contributed by atoms with Gasteiger partial charge in [-0.25, -0.2) is 0 Å². The Morgan fingerprint density at radius 2 is 0.968 bits per heavy atom. The maximum Gasteiger partial charge on any atom is 0.168 e. The summed E-state index contributed by atoms with van der Waals surface area (Å²) in [7, 11) is 0. The van der Waals surface area contributed by atoms with Crippen LogP contribution in [0.4, 0.5) is 0 Å². The Morgan fingerprint density at radius 1 is 0.613 bits per heavy atom. The average molecular weight is 423 g/mol. The summed E-state index contributed by atoms with van der Waals surface area (Å²) in [5.74, 6) is 0. The van der Waals surface area contributed by atoms with Crippen LogP contribution >= 0.6 is 12.2 Å². The van der Waals surface area contributed by atoms with E-state index in [0.29, 0.717) is 5.11 Å². The molecule has 0 saturated heterocycles. The molecule has 0 aliphatic heterocycles. The van der Waals surface area contributed by atoms with Crippen LogP contribution in [0.1, 0.15) is 35.2 Å². The zero-order valence-electron chi connectivity index (χ0n) is 17.5. The number of hydrogen-bond donors (Lipinski definition) is 2. The SMILES string of the molecule is CC(NC(=S)NC(c1ccccc1)(c1ccccc1)c1ccccc1)c1ccccc1. The number of thiocarbonyl (C=S) groups is 1. The van der Waals surface area contributed by atoms with E-state index in [1.165, 1.54) is 5.56 Å². The molecule has 1 unspecified atom stereocenters. The molecule has 1 atom stereocenters. The fourth-order valence-electron chi connectivity index (χ4n) is 4.01. The predicted molar refractivity (Wildman–Crippen MR) is 133 cm³/mol. The van der Waals surface area contributed by atoms with Crippen LogP contribution in [-0.2, 0) is 5.54 Å². The zero-order chi connectivity index (χ0) is 21.5. The zero-order valence-corrected chi connectivity index (χ0v) is 18.3. The highest BCUT2D eigenvalue weighted by molar-refractivity contribution is 7.80. The molecule has 0 heterocycles. The van der Waals surface area contributed by atoms with Gasteiger partial charge in [-0.3, -0.25) is 0 Å². The second-order valence-corrected chi connectivity index (χ2v) is 7.99. The summed E-state index contributed by atoms with van der Waals surface area (Å²) in [5, 5.41) is 7.79. The van der Waals surface area contributed by atoms with E-state index in [2.05, 4.69) is 102 Å². The predicted octanol–water partition coefficient (Wildman–Crippen LogP) is 6.20. The van der Waals surface area contributed by atoms with Gasteiger partial charge in [-0.15, -0.1) is 0 Å². The highest BCUT2D eigenvalue weighted by atomic mass is 32.1. The number of benzene rings is 4. The second-order valence-electron chi connectivity index (χ2n) is 7.58. The van der Waals surface area contributed by atoms with Crippen LogP contribution in [0.3, 0.4) is 0 Å². The molecule has 31 heavy (non-hydrogen) atoms. The second kappa shape index (κ2) is 9.59. The average Bonchev–Trinajstić information content (AvgIpc) is 2.85. The number of nitrogens with one attached hydrogen (secondary N) is 2. The van der Waals surface area contributed by atoms with Gasteiger partial charge in [-0.1, -0.05) is 121 Å². The highest BCUT2D eigenvalue weighted by Crippen LogP contribution is 2.36. The van der Waals surface area contributed by atoms with Crippen molar-refractivity contribution in [2.45, 2.75) is 18.5 Å². The molecular weight excluding hydrogens is 396 g/mol. The van der Waals surface area contributed by atoms with Gasteiger partial charge in [0.15, 0.2) is 5.11 Å². The molecule has 0 fully saturated rings. The minimum absolute atomic E-state index is 0.0845. The third-order valence-corrected chi connectivity index (χ3v) is 5.79. The minimum atomic E-state index is -0.621. The van der Waals surface area contributed by atoms with Crippen LogP contribution in [0.15, 0.2) is 121 Å². The first-order valence-electron chi connectivity index (χ1n) is 10.5. The number of rotatable bonds is 6. The largest absolute Gasteiger partial charge is 0.356 e. The third kappa shape index (κ3) is 4.52. The monoisotopic (exact) mass is 422 g/mol. The standard InChI is InChI=1S/C28H26N2S/c1-22(23-14-6-2-7-15-23)29-27(31)30-28(24-16-8-3-9-17-24,25-18-10-4-11-19-25)26-20-12-5-13-21-26/h2-22H,1H3,(H2,29,30,31). The Bertz CT molecular complexity index is 1000. The molecule has 0 aliphatic carbocycles. The molecule has 154 valence electrons. The van der Waals surface area contributed by atoms with E-state index >= 15 is 0 Å². The lowest BCUT2D eigenvalue weighted by Crippen LogP contribution is -2.51. The van der Waals surface area contributed by atoms with E-state index in [0.717, 1.165) is 16.7 Å². The van der Waals surface area contributed by atoms with Crippen LogP contribution in [-0.4, -0.2) is 5.11 Å². The van der Waals surface area contributed by atoms with Crippen molar-refractivity contribution in [2.75, 3.05) is 0 Å². The van der Waals surface area contributed by atoms with Gasteiger partial charge in [0.1, 0.15) is 5.54 Å². The van der Waals surface area contributed by atoms with Crippen molar-refractivity contribution in [2.24, 2.45) is 0 Å². The molecule has 4 rings (SSSR count). The summed E-state index contributed by atoms with van der Waals surface area (Å²) in [6.45, 7) is 2.12. The van der Waals surface area contributed by atoms with Crippen LogP contribution in [0.25, 0.3) is 0 Å². The van der Waals surface area contributed by atoms with Crippen molar-refractivity contribution in [1.82, 2.24) is 10.6 Å². The Morgan fingerprint density at radius 3 is 1.35 bits per heavy atom. The van der Waals surface area contributed by atoms with Gasteiger partial charge in [0.25, 0.3) is 0 Å². The van der Waals surface area contributed by atoms with Gasteiger partial charge in [-0.05, 0) is 41.4 Å². The van der Waals surface area contributed by atoms with E-state index in [4.69, 9.17) is 12.2 Å². The van der Waals surface area contributed by atoms with E-state index in [1.54, 1.807) is 0 Å².